The van der Waals surface area contributed by atoms with Crippen molar-refractivity contribution in [3.63, 3.8) is 0 Å². The lowest BCUT2D eigenvalue weighted by molar-refractivity contribution is -0.590. The minimum atomic E-state index is -0.495. The number of likely N-dealkylation sites (tertiary alicyclic amines) is 1. The van der Waals surface area contributed by atoms with Crippen molar-refractivity contribution in [2.45, 2.75) is 52.2 Å². The van der Waals surface area contributed by atoms with Crippen molar-refractivity contribution in [3.8, 4) is 0 Å². The molecule has 1 aliphatic rings. The lowest BCUT2D eigenvalue weighted by Crippen LogP contribution is -2.48. The molecule has 0 radical (unpaired) electrons. The average molecular weight is 307 g/mol. The quantitative estimate of drug-likeness (QED) is 0.673. The molecule has 0 spiro atoms. The van der Waals surface area contributed by atoms with Crippen LogP contribution in [0.2, 0.25) is 0 Å². The molecule has 0 saturated carbocycles. The predicted molar refractivity (Wildman–Crippen MR) is 84.6 cm³/mol. The first kappa shape index (κ1) is 16.4. The molecule has 6 heteroatoms. The lowest BCUT2D eigenvalue weighted by atomic mass is 10.1. The number of carbonyl (C=O) groups is 1. The number of aromatic nitrogens is 1. The van der Waals surface area contributed by atoms with E-state index in [1.165, 1.54) is 6.20 Å². The van der Waals surface area contributed by atoms with E-state index in [2.05, 4.69) is 5.32 Å². The van der Waals surface area contributed by atoms with E-state index in [1.54, 1.807) is 11.0 Å². The highest BCUT2D eigenvalue weighted by Gasteiger charge is 2.30. The van der Waals surface area contributed by atoms with Gasteiger partial charge in [-0.1, -0.05) is 0 Å². The Morgan fingerprint density at radius 2 is 2.23 bits per heavy atom. The van der Waals surface area contributed by atoms with Crippen LogP contribution in [0.5, 0.6) is 0 Å². The SMILES string of the molecule is Cc1ccc[n+]([O-])c1N[C@@H]1CCCN(C(=O)OC(C)(C)C)C1. The highest BCUT2D eigenvalue weighted by Crippen LogP contribution is 2.18. The van der Waals surface area contributed by atoms with Crippen molar-refractivity contribution < 1.29 is 14.3 Å². The number of pyridine rings is 1. The van der Waals surface area contributed by atoms with Crippen molar-refractivity contribution in [3.05, 3.63) is 29.1 Å². The van der Waals surface area contributed by atoms with E-state index in [9.17, 15) is 10.0 Å². The molecule has 122 valence electrons. The second-order valence-corrected chi connectivity index (χ2v) is 6.78. The molecular formula is C16H25N3O3. The summed E-state index contributed by atoms with van der Waals surface area (Å²) in [5, 5.41) is 15.1. The van der Waals surface area contributed by atoms with E-state index >= 15 is 0 Å². The van der Waals surface area contributed by atoms with Crippen molar-refractivity contribution in [1.29, 1.82) is 0 Å². The first-order valence-corrected chi connectivity index (χ1v) is 7.69. The average Bonchev–Trinajstić information content (AvgIpc) is 2.41. The number of hydrogen-bond donors (Lipinski definition) is 1. The Kier molecular flexibility index (Phi) is 4.78. The van der Waals surface area contributed by atoms with Crippen LogP contribution in [0.1, 0.15) is 39.2 Å². The van der Waals surface area contributed by atoms with Gasteiger partial charge in [0.15, 0.2) is 0 Å². The molecule has 1 aromatic heterocycles. The fraction of sp³-hybridized carbons (Fsp3) is 0.625. The Morgan fingerprint density at radius 1 is 1.50 bits per heavy atom. The Bertz CT molecular complexity index is 520. The van der Waals surface area contributed by atoms with Crippen molar-refractivity contribution in [1.82, 2.24) is 4.90 Å². The van der Waals surface area contributed by atoms with E-state index in [1.807, 2.05) is 33.8 Å². The van der Waals surface area contributed by atoms with E-state index in [0.717, 1.165) is 23.1 Å². The van der Waals surface area contributed by atoms with E-state index in [-0.39, 0.29) is 12.1 Å². The number of carbonyl (C=O) groups excluding carboxylic acids is 1. The summed E-state index contributed by atoms with van der Waals surface area (Å²) >= 11 is 0. The lowest BCUT2D eigenvalue weighted by Gasteiger charge is -2.33. The van der Waals surface area contributed by atoms with Crippen molar-refractivity contribution in [2.75, 3.05) is 18.4 Å². The maximum Gasteiger partial charge on any atom is 0.410 e. The van der Waals surface area contributed by atoms with Gasteiger partial charge in [0.2, 0.25) is 0 Å². The second kappa shape index (κ2) is 6.42. The molecule has 1 N–H and O–H groups in total. The zero-order valence-corrected chi connectivity index (χ0v) is 13.8. The summed E-state index contributed by atoms with van der Waals surface area (Å²) in [5.41, 5.74) is 0.401. The van der Waals surface area contributed by atoms with Gasteiger partial charge in [-0.25, -0.2) is 9.52 Å². The number of hydrogen-bond acceptors (Lipinski definition) is 4. The van der Waals surface area contributed by atoms with Crippen LogP contribution in [0.15, 0.2) is 18.3 Å². The zero-order valence-electron chi connectivity index (χ0n) is 13.8. The highest BCUT2D eigenvalue weighted by molar-refractivity contribution is 5.68. The van der Waals surface area contributed by atoms with Crippen LogP contribution in [0, 0.1) is 12.1 Å². The van der Waals surface area contributed by atoms with Gasteiger partial charge in [-0.2, -0.15) is 0 Å². The number of nitrogens with zero attached hydrogens (tertiary/aromatic N) is 2. The Labute approximate surface area is 131 Å². The van der Waals surface area contributed by atoms with Crippen LogP contribution in [-0.2, 0) is 4.74 Å². The van der Waals surface area contributed by atoms with Crippen LogP contribution >= 0.6 is 0 Å². The Hall–Kier alpha value is -1.98. The molecule has 1 amide bonds. The molecule has 2 rings (SSSR count). The molecule has 22 heavy (non-hydrogen) atoms. The summed E-state index contributed by atoms with van der Waals surface area (Å²) in [5.74, 6) is 0.554. The molecule has 1 fully saturated rings. The predicted octanol–water partition coefficient (Wildman–Crippen LogP) is 2.44. The second-order valence-electron chi connectivity index (χ2n) is 6.78. The summed E-state index contributed by atoms with van der Waals surface area (Å²) in [7, 11) is 0. The van der Waals surface area contributed by atoms with Gasteiger partial charge in [0, 0.05) is 12.1 Å². The third-order valence-electron chi connectivity index (χ3n) is 3.58. The van der Waals surface area contributed by atoms with Crippen molar-refractivity contribution >= 4 is 11.9 Å². The van der Waals surface area contributed by atoms with Crippen LogP contribution in [-0.4, -0.2) is 35.7 Å². The molecule has 1 aliphatic heterocycles. The normalized spacial score (nSPS) is 18.9. The molecule has 0 aliphatic carbocycles. The van der Waals surface area contributed by atoms with E-state index in [4.69, 9.17) is 4.74 Å². The van der Waals surface area contributed by atoms with Gasteiger partial charge in [-0.05, 0) is 52.7 Å². The summed E-state index contributed by atoms with van der Waals surface area (Å²) in [6, 6.07) is 3.68. The maximum atomic E-state index is 12.2. The molecule has 2 heterocycles. The molecule has 0 aromatic carbocycles. The number of nitrogens with one attached hydrogen (secondary N) is 1. The van der Waals surface area contributed by atoms with Crippen molar-refractivity contribution in [2.24, 2.45) is 0 Å². The van der Waals surface area contributed by atoms with Crippen LogP contribution in [0.25, 0.3) is 0 Å². The van der Waals surface area contributed by atoms with Crippen LogP contribution < -0.4 is 10.0 Å². The Morgan fingerprint density at radius 3 is 2.86 bits per heavy atom. The molecule has 1 saturated heterocycles. The van der Waals surface area contributed by atoms with Crippen LogP contribution in [0.4, 0.5) is 10.6 Å². The fourth-order valence-corrected chi connectivity index (χ4v) is 2.55. The van der Waals surface area contributed by atoms with Gasteiger partial charge in [-0.3, -0.25) is 5.32 Å². The van der Waals surface area contributed by atoms with Gasteiger partial charge in [-0.15, -0.1) is 0 Å². The van der Waals surface area contributed by atoms with E-state index in [0.29, 0.717) is 18.9 Å². The van der Waals surface area contributed by atoms with E-state index < -0.39 is 5.60 Å². The van der Waals surface area contributed by atoms with Gasteiger partial charge in [0.1, 0.15) is 11.6 Å². The van der Waals surface area contributed by atoms with Crippen LogP contribution in [0.3, 0.4) is 0 Å². The number of amides is 1. The molecular weight excluding hydrogens is 282 g/mol. The minimum Gasteiger partial charge on any atom is -0.711 e. The largest absolute Gasteiger partial charge is 0.711 e. The standard InChI is InChI=1S/C16H25N3O3/c1-12-7-5-10-19(21)14(12)17-13-8-6-9-18(11-13)15(20)22-16(2,3)4/h5,7,10,13,17H,6,8-9,11H2,1-4H3/t13-/m1/s1. The molecule has 1 atom stereocenters. The minimum absolute atomic E-state index is 0.0579. The highest BCUT2D eigenvalue weighted by atomic mass is 16.6. The smallest absolute Gasteiger partial charge is 0.410 e. The summed E-state index contributed by atoms with van der Waals surface area (Å²) in [4.78, 5) is 13.9. The molecule has 6 nitrogen and oxygen atoms in total. The zero-order chi connectivity index (χ0) is 16.3. The summed E-state index contributed by atoms with van der Waals surface area (Å²) in [6.07, 6.45) is 3.00. The van der Waals surface area contributed by atoms with Gasteiger partial charge in [0.25, 0.3) is 5.82 Å². The fourth-order valence-electron chi connectivity index (χ4n) is 2.55. The van der Waals surface area contributed by atoms with Gasteiger partial charge >= 0.3 is 6.09 Å². The number of rotatable bonds is 2. The molecule has 0 unspecified atom stereocenters. The monoisotopic (exact) mass is 307 g/mol. The summed E-state index contributed by atoms with van der Waals surface area (Å²) < 4.78 is 6.25. The number of aryl methyl sites for hydroxylation is 1. The third kappa shape index (κ3) is 4.26. The molecule has 1 aromatic rings. The Balaban J connectivity index is 2.00. The first-order valence-electron chi connectivity index (χ1n) is 7.69. The number of ether oxygens (including phenoxy) is 1. The van der Waals surface area contributed by atoms with Gasteiger partial charge < -0.3 is 14.8 Å². The summed E-state index contributed by atoms with van der Waals surface area (Å²) in [6.45, 7) is 8.71. The third-order valence-corrected chi connectivity index (χ3v) is 3.58. The first-order chi connectivity index (χ1) is 10.3. The number of piperidine rings is 1. The van der Waals surface area contributed by atoms with Gasteiger partial charge in [0.05, 0.1) is 12.7 Å². The number of anilines is 1. The maximum absolute atomic E-state index is 12.2. The topological polar surface area (TPSA) is 68.5 Å². The molecule has 0 bridgehead atoms.